The lowest BCUT2D eigenvalue weighted by atomic mass is 9.88. The SMILES string of the molecule is CCN1C(=O)N(c2ccc(Cl)c(Cl)c2)C(=O)C12CCCNCC2. The van der Waals surface area contributed by atoms with Gasteiger partial charge in [-0.2, -0.15) is 0 Å². The van der Waals surface area contributed by atoms with Gasteiger partial charge in [-0.3, -0.25) is 4.79 Å². The van der Waals surface area contributed by atoms with Crippen molar-refractivity contribution in [2.45, 2.75) is 31.7 Å². The molecule has 1 N–H and O–H groups in total. The van der Waals surface area contributed by atoms with E-state index in [0.29, 0.717) is 35.1 Å². The zero-order valence-electron chi connectivity index (χ0n) is 12.9. The van der Waals surface area contributed by atoms with Crippen LogP contribution in [0.4, 0.5) is 10.5 Å². The molecule has 3 amide bonds. The normalized spacial score (nSPS) is 25.3. The Morgan fingerprint density at radius 3 is 2.65 bits per heavy atom. The summed E-state index contributed by atoms with van der Waals surface area (Å²) in [6.45, 7) is 4.00. The number of carbonyl (C=O) groups is 2. The number of likely N-dealkylation sites (N-methyl/N-ethyl adjacent to an activating group) is 1. The molecule has 1 aromatic carbocycles. The highest BCUT2D eigenvalue weighted by molar-refractivity contribution is 6.42. The first-order chi connectivity index (χ1) is 11.0. The minimum Gasteiger partial charge on any atom is -0.317 e. The maximum Gasteiger partial charge on any atom is 0.332 e. The van der Waals surface area contributed by atoms with Crippen molar-refractivity contribution in [3.8, 4) is 0 Å². The van der Waals surface area contributed by atoms with Crippen molar-refractivity contribution < 1.29 is 9.59 Å². The number of hydrogen-bond donors (Lipinski definition) is 1. The van der Waals surface area contributed by atoms with Gasteiger partial charge in [0.1, 0.15) is 5.54 Å². The van der Waals surface area contributed by atoms with Gasteiger partial charge in [-0.1, -0.05) is 23.2 Å². The number of amides is 3. The Kier molecular flexibility index (Phi) is 4.54. The predicted molar refractivity (Wildman–Crippen MR) is 91.2 cm³/mol. The van der Waals surface area contributed by atoms with Crippen molar-refractivity contribution in [3.63, 3.8) is 0 Å². The molecule has 0 aromatic heterocycles. The van der Waals surface area contributed by atoms with Crippen LogP contribution in [0.3, 0.4) is 0 Å². The Labute approximate surface area is 145 Å². The maximum absolute atomic E-state index is 13.2. The minimum absolute atomic E-state index is 0.161. The summed E-state index contributed by atoms with van der Waals surface area (Å²) in [5, 5.41) is 4.03. The number of urea groups is 1. The average molecular weight is 356 g/mol. The fourth-order valence-corrected chi connectivity index (χ4v) is 3.83. The molecule has 1 atom stereocenters. The van der Waals surface area contributed by atoms with Crippen molar-refractivity contribution >= 4 is 40.8 Å². The molecule has 1 spiro atoms. The number of hydrogen-bond acceptors (Lipinski definition) is 3. The molecule has 1 unspecified atom stereocenters. The quantitative estimate of drug-likeness (QED) is 0.828. The van der Waals surface area contributed by atoms with Crippen molar-refractivity contribution in [1.29, 1.82) is 0 Å². The summed E-state index contributed by atoms with van der Waals surface area (Å²) in [4.78, 5) is 29.0. The molecule has 0 saturated carbocycles. The number of anilines is 1. The van der Waals surface area contributed by atoms with E-state index in [1.807, 2.05) is 6.92 Å². The number of nitrogens with one attached hydrogen (secondary N) is 1. The maximum atomic E-state index is 13.2. The molecule has 124 valence electrons. The van der Waals surface area contributed by atoms with E-state index < -0.39 is 5.54 Å². The minimum atomic E-state index is -0.749. The van der Waals surface area contributed by atoms with E-state index in [9.17, 15) is 9.59 Å². The van der Waals surface area contributed by atoms with Gasteiger partial charge >= 0.3 is 6.03 Å². The molecule has 7 heteroatoms. The summed E-state index contributed by atoms with van der Waals surface area (Å²) in [7, 11) is 0. The predicted octanol–water partition coefficient (Wildman–Crippen LogP) is 3.29. The zero-order chi connectivity index (χ0) is 16.6. The Morgan fingerprint density at radius 1 is 1.17 bits per heavy atom. The van der Waals surface area contributed by atoms with Crippen LogP contribution in [0.5, 0.6) is 0 Å². The summed E-state index contributed by atoms with van der Waals surface area (Å²) in [5.74, 6) is -0.161. The lowest BCUT2D eigenvalue weighted by Crippen LogP contribution is -2.50. The van der Waals surface area contributed by atoms with Crippen LogP contribution in [0.2, 0.25) is 10.0 Å². The van der Waals surface area contributed by atoms with Crippen LogP contribution in [0.25, 0.3) is 0 Å². The summed E-state index contributed by atoms with van der Waals surface area (Å²) in [5.41, 5.74) is -0.275. The molecule has 3 rings (SSSR count). The molecule has 0 bridgehead atoms. The first-order valence-corrected chi connectivity index (χ1v) is 8.59. The van der Waals surface area contributed by atoms with Crippen LogP contribution in [0.15, 0.2) is 18.2 Å². The standard InChI is InChI=1S/C16H19Cl2N3O2/c1-2-20-15(23)21(11-4-5-12(17)13(18)10-11)14(22)16(20)6-3-8-19-9-7-16/h4-5,10,19H,2-3,6-9H2,1H3. The van der Waals surface area contributed by atoms with E-state index in [-0.39, 0.29) is 11.9 Å². The molecule has 0 radical (unpaired) electrons. The van der Waals surface area contributed by atoms with Crippen molar-refractivity contribution in [1.82, 2.24) is 10.2 Å². The molecule has 23 heavy (non-hydrogen) atoms. The third-order valence-corrected chi connectivity index (χ3v) is 5.42. The van der Waals surface area contributed by atoms with E-state index in [2.05, 4.69) is 5.32 Å². The first-order valence-electron chi connectivity index (χ1n) is 7.83. The van der Waals surface area contributed by atoms with Crippen LogP contribution in [0.1, 0.15) is 26.2 Å². The van der Waals surface area contributed by atoms with Crippen LogP contribution < -0.4 is 10.2 Å². The highest BCUT2D eigenvalue weighted by atomic mass is 35.5. The molecule has 1 aromatic rings. The van der Waals surface area contributed by atoms with Gasteiger partial charge in [0.05, 0.1) is 15.7 Å². The number of carbonyl (C=O) groups excluding carboxylic acids is 2. The lowest BCUT2D eigenvalue weighted by molar-refractivity contribution is -0.125. The van der Waals surface area contributed by atoms with Gasteiger partial charge in [0.15, 0.2) is 0 Å². The molecule has 2 fully saturated rings. The number of imide groups is 1. The molecule has 2 saturated heterocycles. The molecule has 2 aliphatic heterocycles. The molecule has 2 aliphatic rings. The third-order valence-electron chi connectivity index (χ3n) is 4.68. The van der Waals surface area contributed by atoms with Crippen molar-refractivity contribution in [3.05, 3.63) is 28.2 Å². The Hall–Kier alpha value is -1.30. The molecule has 0 aliphatic carbocycles. The Balaban J connectivity index is 2.03. The summed E-state index contributed by atoms with van der Waals surface area (Å²) in [6, 6.07) is 4.56. The number of nitrogens with zero attached hydrogens (tertiary/aromatic N) is 2. The topological polar surface area (TPSA) is 52.7 Å². The third kappa shape index (κ3) is 2.61. The number of benzene rings is 1. The van der Waals surface area contributed by atoms with E-state index in [4.69, 9.17) is 23.2 Å². The van der Waals surface area contributed by atoms with Crippen molar-refractivity contribution in [2.75, 3.05) is 24.5 Å². The zero-order valence-corrected chi connectivity index (χ0v) is 14.5. The van der Waals surface area contributed by atoms with Gasteiger partial charge in [0.25, 0.3) is 5.91 Å². The fourth-order valence-electron chi connectivity index (χ4n) is 3.54. The molecule has 2 heterocycles. The molecular weight excluding hydrogens is 337 g/mol. The van der Waals surface area contributed by atoms with Gasteiger partial charge in [0, 0.05) is 6.54 Å². The number of halogens is 2. The largest absolute Gasteiger partial charge is 0.332 e. The second-order valence-electron chi connectivity index (χ2n) is 5.90. The smallest absolute Gasteiger partial charge is 0.317 e. The van der Waals surface area contributed by atoms with Crippen LogP contribution in [-0.4, -0.2) is 42.0 Å². The number of rotatable bonds is 2. The van der Waals surface area contributed by atoms with Crippen LogP contribution in [-0.2, 0) is 4.79 Å². The molecule has 5 nitrogen and oxygen atoms in total. The van der Waals surface area contributed by atoms with Gasteiger partial charge in [-0.25, -0.2) is 9.69 Å². The summed E-state index contributed by atoms with van der Waals surface area (Å²) in [6.07, 6.45) is 2.17. The second-order valence-corrected chi connectivity index (χ2v) is 6.72. The molecular formula is C16H19Cl2N3O2. The monoisotopic (exact) mass is 355 g/mol. The van der Waals surface area contributed by atoms with E-state index in [1.54, 1.807) is 23.1 Å². The average Bonchev–Trinajstić information content (AvgIpc) is 2.70. The van der Waals surface area contributed by atoms with Gasteiger partial charge in [0.2, 0.25) is 0 Å². The van der Waals surface area contributed by atoms with E-state index >= 15 is 0 Å². The highest BCUT2D eigenvalue weighted by Crippen LogP contribution is 2.39. The highest BCUT2D eigenvalue weighted by Gasteiger charge is 2.56. The fraction of sp³-hybridized carbons (Fsp3) is 0.500. The lowest BCUT2D eigenvalue weighted by Gasteiger charge is -2.33. The van der Waals surface area contributed by atoms with E-state index in [1.165, 1.54) is 4.90 Å². The summed E-state index contributed by atoms with van der Waals surface area (Å²) >= 11 is 12.0. The van der Waals surface area contributed by atoms with Gasteiger partial charge in [-0.15, -0.1) is 0 Å². The van der Waals surface area contributed by atoms with E-state index in [0.717, 1.165) is 19.5 Å². The van der Waals surface area contributed by atoms with Crippen LogP contribution >= 0.6 is 23.2 Å². The Morgan fingerprint density at radius 2 is 1.96 bits per heavy atom. The van der Waals surface area contributed by atoms with Gasteiger partial charge < -0.3 is 10.2 Å². The van der Waals surface area contributed by atoms with Gasteiger partial charge in [-0.05, 0) is 57.5 Å². The first kappa shape index (κ1) is 16.6. The second kappa shape index (κ2) is 6.30. The van der Waals surface area contributed by atoms with Crippen LogP contribution in [0, 0.1) is 0 Å². The van der Waals surface area contributed by atoms with Crippen molar-refractivity contribution in [2.24, 2.45) is 0 Å². The Bertz CT molecular complexity index is 642. The summed E-state index contributed by atoms with van der Waals surface area (Å²) < 4.78 is 0.